The molecule has 2 heteroatoms. The number of alkyl halides is 1. The molecule has 0 aliphatic heterocycles. The Morgan fingerprint density at radius 1 is 2.00 bits per heavy atom. The van der Waals surface area contributed by atoms with Gasteiger partial charge in [0.05, 0.1) is 0 Å². The zero-order valence-corrected chi connectivity index (χ0v) is 6.36. The zero-order chi connectivity index (χ0) is 3.41. The van der Waals surface area contributed by atoms with Crippen molar-refractivity contribution in [3.8, 4) is 0 Å². The van der Waals surface area contributed by atoms with Crippen LogP contribution in [0.3, 0.4) is 0 Å². The van der Waals surface area contributed by atoms with Gasteiger partial charge in [0.1, 0.15) is 0 Å². The fourth-order valence-electron chi connectivity index (χ4n) is 0. The van der Waals surface area contributed by atoms with Gasteiger partial charge in [-0.05, 0) is 0 Å². The average molecular weight is 235 g/mol. The summed E-state index contributed by atoms with van der Waals surface area (Å²) in [7, 11) is 0. The molecule has 0 amide bonds. The Kier molecular flexibility index (Phi) is 5.58. The van der Waals surface area contributed by atoms with Gasteiger partial charge in [0.15, 0.2) is 0 Å². The van der Waals surface area contributed by atoms with Gasteiger partial charge in [-0.3, -0.25) is 0 Å². The molecule has 0 saturated carbocycles. The first-order valence-electron chi connectivity index (χ1n) is 0.964. The first-order valence-corrected chi connectivity index (χ1v) is 5.41. The summed E-state index contributed by atoms with van der Waals surface area (Å²) in [5.74, 6) is 2.24. The van der Waals surface area contributed by atoms with Crippen molar-refractivity contribution in [3.63, 3.8) is 0 Å². The molecule has 0 aliphatic carbocycles. The van der Waals surface area contributed by atoms with Crippen LogP contribution in [-0.4, -0.2) is 18.3 Å². The number of hydrogen-bond acceptors (Lipinski definition) is 0. The third-order valence-electron chi connectivity index (χ3n) is 0.109. The molecule has 0 saturated heterocycles. The molecular formula is C2H5ISe. The summed E-state index contributed by atoms with van der Waals surface area (Å²) in [5, 5.41) is 0. The molecule has 0 unspecified atom stereocenters. The average Bonchev–Trinajstić information content (AvgIpc) is 1.37. The second-order valence-electron chi connectivity index (χ2n) is 0.398. The Bertz CT molecular complexity index is 8.00. The molecule has 0 N–H and O–H groups in total. The van der Waals surface area contributed by atoms with Gasteiger partial charge in [-0.1, -0.05) is 0 Å². The molecule has 0 spiro atoms. The predicted octanol–water partition coefficient (Wildman–Crippen LogP) is 1.13. The van der Waals surface area contributed by atoms with E-state index >= 15 is 0 Å². The Morgan fingerprint density at radius 3 is 2.25 bits per heavy atom. The van der Waals surface area contributed by atoms with Crippen LogP contribution in [-0.2, 0) is 0 Å². The van der Waals surface area contributed by atoms with Crippen LogP contribution in [0.1, 0.15) is 0 Å². The van der Waals surface area contributed by atoms with Crippen molar-refractivity contribution >= 4 is 37.5 Å². The maximum absolute atomic E-state index is 2.38. The Morgan fingerprint density at radius 2 is 2.25 bits per heavy atom. The van der Waals surface area contributed by atoms with Gasteiger partial charge in [-0.2, -0.15) is 0 Å². The van der Waals surface area contributed by atoms with Gasteiger partial charge < -0.3 is 0 Å². The molecule has 0 bridgehead atoms. The van der Waals surface area contributed by atoms with E-state index in [1.807, 2.05) is 0 Å². The molecule has 0 nitrogen and oxygen atoms in total. The standard InChI is InChI=1S/C2H5ISe/c1-4-2-3/h2H2,1H3. The van der Waals surface area contributed by atoms with E-state index in [9.17, 15) is 0 Å². The molecule has 0 aromatic rings. The molecule has 0 atom stereocenters. The monoisotopic (exact) mass is 236 g/mol. The van der Waals surface area contributed by atoms with Crippen LogP contribution in [0.2, 0.25) is 5.82 Å². The van der Waals surface area contributed by atoms with E-state index in [0.717, 1.165) is 15.0 Å². The number of hydrogen-bond donors (Lipinski definition) is 0. The van der Waals surface area contributed by atoms with Crippen LogP contribution in [0.5, 0.6) is 0 Å². The van der Waals surface area contributed by atoms with Crippen LogP contribution in [0.25, 0.3) is 0 Å². The molecule has 0 aromatic carbocycles. The minimum atomic E-state index is 0.903. The summed E-state index contributed by atoms with van der Waals surface area (Å²) < 4.78 is 1.35. The van der Waals surface area contributed by atoms with Crippen molar-refractivity contribution in [1.29, 1.82) is 0 Å². The van der Waals surface area contributed by atoms with Crippen molar-refractivity contribution in [1.82, 2.24) is 0 Å². The predicted molar refractivity (Wildman–Crippen MR) is 30.5 cm³/mol. The summed E-state index contributed by atoms with van der Waals surface area (Å²) in [6, 6.07) is 0. The summed E-state index contributed by atoms with van der Waals surface area (Å²) in [5.41, 5.74) is 0. The van der Waals surface area contributed by atoms with Crippen molar-refractivity contribution in [3.05, 3.63) is 0 Å². The van der Waals surface area contributed by atoms with Gasteiger partial charge in [0, 0.05) is 0 Å². The summed E-state index contributed by atoms with van der Waals surface area (Å²) >= 11 is 3.28. The third-order valence-corrected chi connectivity index (χ3v) is 3.80. The molecule has 26 valence electrons. The molecule has 4 heavy (non-hydrogen) atoms. The van der Waals surface area contributed by atoms with E-state index in [1.54, 1.807) is 0 Å². The van der Waals surface area contributed by atoms with Crippen LogP contribution in [0, 0.1) is 0 Å². The summed E-state index contributed by atoms with van der Waals surface area (Å²) in [6.45, 7) is 0. The topological polar surface area (TPSA) is 0 Å². The molecular weight excluding hydrogens is 230 g/mol. The second-order valence-corrected chi connectivity index (χ2v) is 5.30. The molecule has 0 radical (unpaired) electrons. The van der Waals surface area contributed by atoms with Crippen molar-refractivity contribution in [2.75, 3.05) is 3.33 Å². The minimum absolute atomic E-state index is 0.903. The second kappa shape index (κ2) is 4.25. The first kappa shape index (κ1) is 5.25. The van der Waals surface area contributed by atoms with Crippen molar-refractivity contribution in [2.45, 2.75) is 5.82 Å². The van der Waals surface area contributed by atoms with Gasteiger partial charge in [0.2, 0.25) is 0 Å². The van der Waals surface area contributed by atoms with Crippen LogP contribution in [0.4, 0.5) is 0 Å². The summed E-state index contributed by atoms with van der Waals surface area (Å²) in [4.78, 5) is 0. The molecule has 0 fully saturated rings. The van der Waals surface area contributed by atoms with E-state index < -0.39 is 0 Å². The molecule has 0 aliphatic rings. The van der Waals surface area contributed by atoms with E-state index in [-0.39, 0.29) is 0 Å². The number of rotatable bonds is 1. The van der Waals surface area contributed by atoms with Gasteiger partial charge >= 0.3 is 46.7 Å². The van der Waals surface area contributed by atoms with Crippen LogP contribution < -0.4 is 0 Å². The number of halogens is 1. The van der Waals surface area contributed by atoms with Crippen LogP contribution in [0.15, 0.2) is 0 Å². The molecule has 0 heterocycles. The van der Waals surface area contributed by atoms with E-state index in [1.165, 1.54) is 3.33 Å². The normalized spacial score (nSPS) is 7.50. The Balaban J connectivity index is 1.97. The van der Waals surface area contributed by atoms with Gasteiger partial charge in [-0.15, -0.1) is 0 Å². The van der Waals surface area contributed by atoms with E-state index in [0.29, 0.717) is 0 Å². The third kappa shape index (κ3) is 3.25. The first-order chi connectivity index (χ1) is 1.91. The molecule has 0 rings (SSSR count). The van der Waals surface area contributed by atoms with Gasteiger partial charge in [0.25, 0.3) is 0 Å². The van der Waals surface area contributed by atoms with Gasteiger partial charge in [-0.25, -0.2) is 0 Å². The Labute approximate surface area is 46.6 Å². The van der Waals surface area contributed by atoms with Crippen LogP contribution >= 0.6 is 22.6 Å². The zero-order valence-electron chi connectivity index (χ0n) is 2.49. The SMILES string of the molecule is C[Se]CI. The quantitative estimate of drug-likeness (QED) is 0.363. The van der Waals surface area contributed by atoms with E-state index in [4.69, 9.17) is 0 Å². The molecule has 0 aromatic heterocycles. The van der Waals surface area contributed by atoms with Crippen molar-refractivity contribution < 1.29 is 0 Å². The summed E-state index contributed by atoms with van der Waals surface area (Å²) in [6.07, 6.45) is 0. The fourth-order valence-corrected chi connectivity index (χ4v) is 0. The Hall–Kier alpha value is 1.25. The van der Waals surface area contributed by atoms with Crippen molar-refractivity contribution in [2.24, 2.45) is 0 Å². The maximum atomic E-state index is 2.38. The van der Waals surface area contributed by atoms with E-state index in [2.05, 4.69) is 28.4 Å². The fraction of sp³-hybridized carbons (Fsp3) is 1.00.